The van der Waals surface area contributed by atoms with Crippen molar-refractivity contribution in [3.05, 3.63) is 46.3 Å². The van der Waals surface area contributed by atoms with E-state index in [9.17, 15) is 9.36 Å². The molecule has 0 saturated carbocycles. The van der Waals surface area contributed by atoms with E-state index in [1.807, 2.05) is 12.1 Å². The van der Waals surface area contributed by atoms with Crippen LogP contribution in [0.3, 0.4) is 0 Å². The van der Waals surface area contributed by atoms with Gasteiger partial charge in [0.05, 0.1) is 0 Å². The smallest absolute Gasteiger partial charge is 0.336 e. The van der Waals surface area contributed by atoms with Crippen LogP contribution in [0.4, 0.5) is 0 Å². The van der Waals surface area contributed by atoms with Crippen LogP contribution in [0, 0.1) is 0 Å². The van der Waals surface area contributed by atoms with Crippen LogP contribution in [0.2, 0.25) is 0 Å². The summed E-state index contributed by atoms with van der Waals surface area (Å²) in [5, 5.41) is 0.873. The van der Waals surface area contributed by atoms with Crippen molar-refractivity contribution in [1.82, 2.24) is 0 Å². The molecule has 1 heterocycles. The molecule has 19 heavy (non-hydrogen) atoms. The van der Waals surface area contributed by atoms with Crippen molar-refractivity contribution >= 4 is 18.6 Å². The highest BCUT2D eigenvalue weighted by atomic mass is 31.2. The van der Waals surface area contributed by atoms with Crippen molar-refractivity contribution in [1.29, 1.82) is 0 Å². The van der Waals surface area contributed by atoms with Gasteiger partial charge >= 0.3 is 13.2 Å². The van der Waals surface area contributed by atoms with E-state index in [-0.39, 0.29) is 6.16 Å². The Morgan fingerprint density at radius 2 is 1.89 bits per heavy atom. The van der Waals surface area contributed by atoms with Crippen LogP contribution in [-0.4, -0.2) is 15.9 Å². The first-order valence-electron chi connectivity index (χ1n) is 6.02. The topological polar surface area (TPSA) is 87.7 Å². The van der Waals surface area contributed by atoms with Gasteiger partial charge in [-0.2, -0.15) is 0 Å². The molecule has 2 aromatic rings. The Morgan fingerprint density at radius 3 is 2.63 bits per heavy atom. The molecule has 0 atom stereocenters. The van der Waals surface area contributed by atoms with Gasteiger partial charge in [-0.3, -0.25) is 4.57 Å². The van der Waals surface area contributed by atoms with Gasteiger partial charge in [0, 0.05) is 17.6 Å². The number of rotatable bonds is 5. The van der Waals surface area contributed by atoms with Crippen LogP contribution in [-0.2, 0) is 11.0 Å². The maximum absolute atomic E-state index is 11.4. The van der Waals surface area contributed by atoms with Gasteiger partial charge in [0.25, 0.3) is 0 Å². The summed E-state index contributed by atoms with van der Waals surface area (Å²) in [7, 11) is -3.92. The summed E-state index contributed by atoms with van der Waals surface area (Å²) in [4.78, 5) is 29.0. The van der Waals surface area contributed by atoms with Crippen molar-refractivity contribution in [2.45, 2.75) is 19.3 Å². The standard InChI is InChI=1S/C13H15O5P/c14-13-9-10(5-3-4-8-19(15,16)17)11-6-1-2-7-12(11)18-13/h1-2,6-7,9H,3-5,8H2,(H2,15,16,17). The quantitative estimate of drug-likeness (QED) is 0.499. The number of hydrogen-bond donors (Lipinski definition) is 2. The van der Waals surface area contributed by atoms with Crippen LogP contribution in [0.5, 0.6) is 0 Å². The van der Waals surface area contributed by atoms with Crippen molar-refractivity contribution in [3.63, 3.8) is 0 Å². The molecule has 2 N–H and O–H groups in total. The van der Waals surface area contributed by atoms with Crippen molar-refractivity contribution in [3.8, 4) is 0 Å². The number of para-hydroxylation sites is 1. The molecular weight excluding hydrogens is 267 g/mol. The van der Waals surface area contributed by atoms with Gasteiger partial charge in [-0.1, -0.05) is 18.2 Å². The van der Waals surface area contributed by atoms with Crippen molar-refractivity contribution in [2.24, 2.45) is 0 Å². The van der Waals surface area contributed by atoms with Crippen LogP contribution in [0.1, 0.15) is 18.4 Å². The first-order valence-corrected chi connectivity index (χ1v) is 7.82. The minimum Gasteiger partial charge on any atom is -0.423 e. The minimum absolute atomic E-state index is 0.119. The summed E-state index contributed by atoms with van der Waals surface area (Å²) in [6.45, 7) is 0. The molecule has 0 radical (unpaired) electrons. The first-order chi connectivity index (χ1) is 8.96. The Hall–Kier alpha value is -1.42. The number of aryl methyl sites for hydroxylation is 1. The second-order valence-corrected chi connectivity index (χ2v) is 6.21. The molecule has 0 saturated heterocycles. The van der Waals surface area contributed by atoms with Crippen molar-refractivity contribution < 1.29 is 18.8 Å². The van der Waals surface area contributed by atoms with Gasteiger partial charge in [0.1, 0.15) is 5.58 Å². The predicted octanol–water partition coefficient (Wildman–Crippen LogP) is 2.29. The Balaban J connectivity index is 2.12. The molecular formula is C13H15O5P. The highest BCUT2D eigenvalue weighted by molar-refractivity contribution is 7.51. The van der Waals surface area contributed by atoms with E-state index in [0.29, 0.717) is 24.8 Å². The van der Waals surface area contributed by atoms with Gasteiger partial charge in [-0.25, -0.2) is 4.79 Å². The van der Waals surface area contributed by atoms with Crippen LogP contribution < -0.4 is 5.63 Å². The summed E-state index contributed by atoms with van der Waals surface area (Å²) in [5.74, 6) is 0. The average Bonchev–Trinajstić information content (AvgIpc) is 2.33. The maximum Gasteiger partial charge on any atom is 0.336 e. The van der Waals surface area contributed by atoms with E-state index in [2.05, 4.69) is 0 Å². The number of hydrogen-bond acceptors (Lipinski definition) is 3. The largest absolute Gasteiger partial charge is 0.423 e. The zero-order chi connectivity index (χ0) is 13.9. The number of unbranched alkanes of at least 4 members (excludes halogenated alkanes) is 1. The van der Waals surface area contributed by atoms with Gasteiger partial charge in [-0.15, -0.1) is 0 Å². The fourth-order valence-electron chi connectivity index (χ4n) is 2.02. The third kappa shape index (κ3) is 4.03. The van der Waals surface area contributed by atoms with E-state index in [1.54, 1.807) is 12.1 Å². The summed E-state index contributed by atoms with van der Waals surface area (Å²) in [6.07, 6.45) is 1.54. The monoisotopic (exact) mass is 282 g/mol. The SMILES string of the molecule is O=c1cc(CCCCP(=O)(O)O)c2ccccc2o1. The first kappa shape index (κ1) is 14.0. The molecule has 0 aliphatic rings. The highest BCUT2D eigenvalue weighted by Gasteiger charge is 2.12. The molecule has 0 aliphatic carbocycles. The normalized spacial score (nSPS) is 11.9. The average molecular weight is 282 g/mol. The lowest BCUT2D eigenvalue weighted by Crippen LogP contribution is -2.01. The molecule has 102 valence electrons. The van der Waals surface area contributed by atoms with E-state index in [0.717, 1.165) is 10.9 Å². The summed E-state index contributed by atoms with van der Waals surface area (Å²) in [5.41, 5.74) is 1.00. The lowest BCUT2D eigenvalue weighted by Gasteiger charge is -2.06. The molecule has 6 heteroatoms. The van der Waals surface area contributed by atoms with E-state index < -0.39 is 13.2 Å². The van der Waals surface area contributed by atoms with Gasteiger partial charge < -0.3 is 14.2 Å². The molecule has 0 amide bonds. The Morgan fingerprint density at radius 1 is 1.16 bits per heavy atom. The van der Waals surface area contributed by atoms with Gasteiger partial charge in [-0.05, 0) is 30.9 Å². The Labute approximate surface area is 110 Å². The zero-order valence-corrected chi connectivity index (χ0v) is 11.2. The molecule has 0 spiro atoms. The van der Waals surface area contributed by atoms with Crippen LogP contribution in [0.15, 0.2) is 39.5 Å². The molecule has 0 bridgehead atoms. The molecule has 5 nitrogen and oxygen atoms in total. The van der Waals surface area contributed by atoms with E-state index in [4.69, 9.17) is 14.2 Å². The molecule has 0 aliphatic heterocycles. The third-order valence-electron chi connectivity index (χ3n) is 2.88. The second kappa shape index (κ2) is 5.70. The minimum atomic E-state index is -3.92. The zero-order valence-electron chi connectivity index (χ0n) is 10.3. The molecule has 2 rings (SSSR count). The lowest BCUT2D eigenvalue weighted by molar-refractivity contribution is 0.371. The van der Waals surface area contributed by atoms with E-state index >= 15 is 0 Å². The molecule has 1 aromatic heterocycles. The van der Waals surface area contributed by atoms with Crippen LogP contribution >= 0.6 is 7.60 Å². The summed E-state index contributed by atoms with van der Waals surface area (Å²) in [6, 6.07) is 8.70. The number of benzene rings is 1. The summed E-state index contributed by atoms with van der Waals surface area (Å²) < 4.78 is 15.8. The van der Waals surface area contributed by atoms with Gasteiger partial charge in [0.2, 0.25) is 0 Å². The predicted molar refractivity (Wildman–Crippen MR) is 72.3 cm³/mol. The fourth-order valence-corrected chi connectivity index (χ4v) is 2.65. The second-order valence-electron chi connectivity index (χ2n) is 4.43. The molecule has 1 aromatic carbocycles. The van der Waals surface area contributed by atoms with E-state index in [1.165, 1.54) is 6.07 Å². The highest BCUT2D eigenvalue weighted by Crippen LogP contribution is 2.35. The molecule has 0 unspecified atom stereocenters. The fraction of sp³-hybridized carbons (Fsp3) is 0.308. The van der Waals surface area contributed by atoms with Gasteiger partial charge in [0.15, 0.2) is 0 Å². The third-order valence-corrected chi connectivity index (χ3v) is 3.78. The van der Waals surface area contributed by atoms with Crippen molar-refractivity contribution in [2.75, 3.05) is 6.16 Å². The Bertz CT molecular complexity index is 670. The summed E-state index contributed by atoms with van der Waals surface area (Å²) >= 11 is 0. The Kier molecular flexibility index (Phi) is 4.20. The van der Waals surface area contributed by atoms with Crippen LogP contribution in [0.25, 0.3) is 11.0 Å². The maximum atomic E-state index is 11.4. The lowest BCUT2D eigenvalue weighted by atomic mass is 10.0. The number of fused-ring (bicyclic) bond motifs is 1. The molecule has 0 fully saturated rings.